The van der Waals surface area contributed by atoms with Crippen molar-refractivity contribution < 1.29 is 17.9 Å². The zero-order valence-corrected chi connectivity index (χ0v) is 13.3. The fourth-order valence-corrected chi connectivity index (χ4v) is 4.26. The Morgan fingerprint density at radius 1 is 1.36 bits per heavy atom. The molecular weight excluding hydrogens is 304 g/mol. The predicted molar refractivity (Wildman–Crippen MR) is 81.2 cm³/mol. The first-order valence-electron chi connectivity index (χ1n) is 7.51. The van der Waals surface area contributed by atoms with Gasteiger partial charge in [-0.25, -0.2) is 13.1 Å². The molecule has 6 nitrogen and oxygen atoms in total. The van der Waals surface area contributed by atoms with Gasteiger partial charge in [0.1, 0.15) is 0 Å². The predicted octanol–water partition coefficient (Wildman–Crippen LogP) is 0.818. The number of benzene rings is 1. The summed E-state index contributed by atoms with van der Waals surface area (Å²) in [6.45, 7) is 3.08. The molecular formula is C15H20N2O4S. The molecule has 2 atom stereocenters. The number of rotatable bonds is 3. The van der Waals surface area contributed by atoms with Crippen LogP contribution >= 0.6 is 0 Å². The summed E-state index contributed by atoms with van der Waals surface area (Å²) in [4.78, 5) is 12.0. The molecule has 0 bridgehead atoms. The van der Waals surface area contributed by atoms with E-state index in [4.69, 9.17) is 4.74 Å². The van der Waals surface area contributed by atoms with E-state index in [2.05, 4.69) is 10.0 Å². The van der Waals surface area contributed by atoms with Gasteiger partial charge < -0.3 is 10.1 Å². The van der Waals surface area contributed by atoms with Crippen LogP contribution in [0.25, 0.3) is 0 Å². The number of sulfonamides is 1. The van der Waals surface area contributed by atoms with E-state index >= 15 is 0 Å². The van der Waals surface area contributed by atoms with Gasteiger partial charge in [0.2, 0.25) is 10.0 Å². The van der Waals surface area contributed by atoms with Gasteiger partial charge in [0.25, 0.3) is 5.91 Å². The molecule has 2 aliphatic heterocycles. The Bertz CT molecular complexity index is 687. The number of hydrogen-bond acceptors (Lipinski definition) is 4. The molecule has 0 radical (unpaired) electrons. The van der Waals surface area contributed by atoms with E-state index in [9.17, 15) is 13.2 Å². The molecule has 1 aromatic carbocycles. The van der Waals surface area contributed by atoms with Gasteiger partial charge in [-0.2, -0.15) is 0 Å². The van der Waals surface area contributed by atoms with Crippen LogP contribution in [0.5, 0.6) is 0 Å². The maximum atomic E-state index is 12.5. The Labute approximate surface area is 130 Å². The molecule has 1 saturated heterocycles. The summed E-state index contributed by atoms with van der Waals surface area (Å²) in [5.41, 5.74) is 1.34. The molecule has 2 N–H and O–H groups in total. The quantitative estimate of drug-likeness (QED) is 0.862. The summed E-state index contributed by atoms with van der Waals surface area (Å²) in [6, 6.07) is 4.64. The zero-order valence-electron chi connectivity index (χ0n) is 12.5. The van der Waals surface area contributed by atoms with E-state index in [1.54, 1.807) is 12.1 Å². The summed E-state index contributed by atoms with van der Waals surface area (Å²) in [5, 5.41) is 2.73. The van der Waals surface area contributed by atoms with Gasteiger partial charge in [0.05, 0.1) is 11.0 Å². The van der Waals surface area contributed by atoms with Gasteiger partial charge in [0.15, 0.2) is 0 Å². The normalized spacial score (nSPS) is 25.4. The van der Waals surface area contributed by atoms with Crippen molar-refractivity contribution in [1.82, 2.24) is 10.0 Å². The van der Waals surface area contributed by atoms with Crippen molar-refractivity contribution in [2.45, 2.75) is 43.2 Å². The van der Waals surface area contributed by atoms with Crippen molar-refractivity contribution in [3.8, 4) is 0 Å². The summed E-state index contributed by atoms with van der Waals surface area (Å²) in [6.07, 6.45) is 2.10. The molecule has 7 heteroatoms. The minimum absolute atomic E-state index is 0.0516. The third kappa shape index (κ3) is 3.16. The van der Waals surface area contributed by atoms with Crippen LogP contribution in [0.3, 0.4) is 0 Å². The summed E-state index contributed by atoms with van der Waals surface area (Å²) >= 11 is 0. The maximum absolute atomic E-state index is 12.5. The Hall–Kier alpha value is -1.44. The number of nitrogens with one attached hydrogen (secondary N) is 2. The highest BCUT2D eigenvalue weighted by Gasteiger charge is 2.26. The van der Waals surface area contributed by atoms with Crippen LogP contribution in [0.2, 0.25) is 0 Å². The number of fused-ring (bicyclic) bond motifs is 1. The summed E-state index contributed by atoms with van der Waals surface area (Å²) in [7, 11) is -3.63. The number of carbonyl (C=O) groups is 1. The molecule has 3 rings (SSSR count). The van der Waals surface area contributed by atoms with Crippen molar-refractivity contribution in [3.63, 3.8) is 0 Å². The van der Waals surface area contributed by atoms with E-state index in [-0.39, 0.29) is 22.9 Å². The lowest BCUT2D eigenvalue weighted by Crippen LogP contribution is -2.41. The van der Waals surface area contributed by atoms with Gasteiger partial charge in [-0.1, -0.05) is 6.07 Å². The Balaban J connectivity index is 1.83. The largest absolute Gasteiger partial charge is 0.378 e. The topological polar surface area (TPSA) is 84.5 Å². The molecule has 0 unspecified atom stereocenters. The second-order valence-electron chi connectivity index (χ2n) is 5.85. The van der Waals surface area contributed by atoms with Gasteiger partial charge >= 0.3 is 0 Å². The summed E-state index contributed by atoms with van der Waals surface area (Å²) in [5.74, 6) is -0.210. The van der Waals surface area contributed by atoms with Gasteiger partial charge in [-0.3, -0.25) is 4.79 Å². The Kier molecular flexibility index (Phi) is 4.20. The van der Waals surface area contributed by atoms with E-state index in [1.807, 2.05) is 6.92 Å². The Morgan fingerprint density at radius 3 is 2.95 bits per heavy atom. The molecule has 120 valence electrons. The second-order valence-corrected chi connectivity index (χ2v) is 7.56. The van der Waals surface area contributed by atoms with Crippen LogP contribution in [0.1, 0.15) is 35.7 Å². The molecule has 0 saturated carbocycles. The minimum atomic E-state index is -3.63. The van der Waals surface area contributed by atoms with Gasteiger partial charge in [-0.05, 0) is 43.9 Å². The van der Waals surface area contributed by atoms with Crippen molar-refractivity contribution in [2.24, 2.45) is 0 Å². The first-order chi connectivity index (χ1) is 10.5. The molecule has 0 aliphatic carbocycles. The number of carbonyl (C=O) groups excluding carboxylic acids is 1. The number of amides is 1. The average Bonchev–Trinajstić information content (AvgIpc) is 2.47. The summed E-state index contributed by atoms with van der Waals surface area (Å²) < 4.78 is 33.2. The standard InChI is InChI=1S/C15H20N2O4S/c1-10-8-12(5-7-21-10)17-22(19,20)13-3-2-11-4-6-16-15(18)14(11)9-13/h2-3,9-10,12,17H,4-8H2,1H3,(H,16,18)/t10-,12-/m1/s1. The third-order valence-corrected chi connectivity index (χ3v) is 5.64. The fourth-order valence-electron chi connectivity index (χ4n) is 2.95. The second kappa shape index (κ2) is 5.98. The van der Waals surface area contributed by atoms with Crippen molar-refractivity contribution in [3.05, 3.63) is 29.3 Å². The molecule has 1 amide bonds. The van der Waals surface area contributed by atoms with E-state index in [0.717, 1.165) is 12.0 Å². The highest BCUT2D eigenvalue weighted by Crippen LogP contribution is 2.21. The maximum Gasteiger partial charge on any atom is 0.251 e. The van der Waals surface area contributed by atoms with Crippen LogP contribution in [0.4, 0.5) is 0 Å². The highest BCUT2D eigenvalue weighted by molar-refractivity contribution is 7.89. The highest BCUT2D eigenvalue weighted by atomic mass is 32.2. The van der Waals surface area contributed by atoms with Crippen LogP contribution in [-0.4, -0.2) is 39.6 Å². The lowest BCUT2D eigenvalue weighted by atomic mass is 10.0. The molecule has 22 heavy (non-hydrogen) atoms. The first-order valence-corrected chi connectivity index (χ1v) is 8.99. The zero-order chi connectivity index (χ0) is 15.7. The number of hydrogen-bond donors (Lipinski definition) is 2. The fraction of sp³-hybridized carbons (Fsp3) is 0.533. The third-order valence-electron chi connectivity index (χ3n) is 4.12. The van der Waals surface area contributed by atoms with Crippen LogP contribution in [0.15, 0.2) is 23.1 Å². The van der Waals surface area contributed by atoms with Crippen molar-refractivity contribution >= 4 is 15.9 Å². The van der Waals surface area contributed by atoms with Crippen molar-refractivity contribution in [1.29, 1.82) is 0 Å². The molecule has 0 spiro atoms. The van der Waals surface area contributed by atoms with Crippen LogP contribution < -0.4 is 10.0 Å². The molecule has 0 aromatic heterocycles. The van der Waals surface area contributed by atoms with Crippen LogP contribution in [0, 0.1) is 0 Å². The van der Waals surface area contributed by atoms with Gasteiger partial charge in [0, 0.05) is 24.8 Å². The molecule has 2 aliphatic rings. The monoisotopic (exact) mass is 324 g/mol. The smallest absolute Gasteiger partial charge is 0.251 e. The number of ether oxygens (including phenoxy) is 1. The Morgan fingerprint density at radius 2 is 2.18 bits per heavy atom. The van der Waals surface area contributed by atoms with E-state index in [1.165, 1.54) is 6.07 Å². The lowest BCUT2D eigenvalue weighted by molar-refractivity contribution is 0.0173. The molecule has 1 fully saturated rings. The first kappa shape index (κ1) is 15.5. The van der Waals surface area contributed by atoms with Crippen molar-refractivity contribution in [2.75, 3.05) is 13.2 Å². The molecule has 2 heterocycles. The SMILES string of the molecule is C[C@@H]1C[C@H](NS(=O)(=O)c2ccc3c(c2)C(=O)NCC3)CCO1. The average molecular weight is 324 g/mol. The van der Waals surface area contributed by atoms with E-state index in [0.29, 0.717) is 31.6 Å². The minimum Gasteiger partial charge on any atom is -0.378 e. The van der Waals surface area contributed by atoms with Gasteiger partial charge in [-0.15, -0.1) is 0 Å². The lowest BCUT2D eigenvalue weighted by Gasteiger charge is -2.27. The molecule has 1 aromatic rings. The van der Waals surface area contributed by atoms with E-state index < -0.39 is 10.0 Å². The van der Waals surface area contributed by atoms with Crippen LogP contribution in [-0.2, 0) is 21.2 Å².